The molecule has 1 saturated heterocycles. The van der Waals surface area contributed by atoms with Gasteiger partial charge in [-0.15, -0.1) is 0 Å². The SMILES string of the molecule is CN1CCN(C(=O)[C@H](CCCN)NC(=O)c2ccc(F)cc2)CC1. The van der Waals surface area contributed by atoms with Gasteiger partial charge in [0.25, 0.3) is 5.91 Å². The van der Waals surface area contributed by atoms with Crippen LogP contribution in [0.2, 0.25) is 0 Å². The molecule has 0 bridgehead atoms. The van der Waals surface area contributed by atoms with Gasteiger partial charge in [0, 0.05) is 31.7 Å². The van der Waals surface area contributed by atoms with Gasteiger partial charge in [0.2, 0.25) is 5.91 Å². The molecule has 0 spiro atoms. The normalized spacial score (nSPS) is 16.7. The fourth-order valence-corrected chi connectivity index (χ4v) is 2.67. The number of nitrogens with two attached hydrogens (primary N) is 1. The van der Waals surface area contributed by atoms with E-state index >= 15 is 0 Å². The van der Waals surface area contributed by atoms with Gasteiger partial charge in [-0.3, -0.25) is 9.59 Å². The van der Waals surface area contributed by atoms with E-state index in [0.717, 1.165) is 13.1 Å². The van der Waals surface area contributed by atoms with E-state index in [-0.39, 0.29) is 11.8 Å². The summed E-state index contributed by atoms with van der Waals surface area (Å²) in [6, 6.07) is 4.67. The molecule has 3 N–H and O–H groups in total. The molecular weight excluding hydrogens is 311 g/mol. The minimum absolute atomic E-state index is 0.0768. The van der Waals surface area contributed by atoms with E-state index in [1.54, 1.807) is 4.90 Å². The molecular formula is C17H25FN4O2. The van der Waals surface area contributed by atoms with Crippen molar-refractivity contribution < 1.29 is 14.0 Å². The van der Waals surface area contributed by atoms with Crippen molar-refractivity contribution in [3.05, 3.63) is 35.6 Å². The average molecular weight is 336 g/mol. The number of carbonyl (C=O) groups excluding carboxylic acids is 2. The molecule has 0 radical (unpaired) electrons. The summed E-state index contributed by atoms with van der Waals surface area (Å²) in [4.78, 5) is 29.0. The number of hydrogen-bond acceptors (Lipinski definition) is 4. The highest BCUT2D eigenvalue weighted by atomic mass is 19.1. The second-order valence-electron chi connectivity index (χ2n) is 6.09. The summed E-state index contributed by atoms with van der Waals surface area (Å²) in [6.07, 6.45) is 1.14. The molecule has 7 heteroatoms. The number of piperazine rings is 1. The molecule has 2 rings (SSSR count). The van der Waals surface area contributed by atoms with Crippen molar-refractivity contribution in [1.82, 2.24) is 15.1 Å². The average Bonchev–Trinajstić information content (AvgIpc) is 2.59. The highest BCUT2D eigenvalue weighted by Crippen LogP contribution is 2.09. The molecule has 1 fully saturated rings. The smallest absolute Gasteiger partial charge is 0.251 e. The number of nitrogens with one attached hydrogen (secondary N) is 1. The molecule has 1 atom stereocenters. The first-order valence-corrected chi connectivity index (χ1v) is 8.25. The molecule has 6 nitrogen and oxygen atoms in total. The Hall–Kier alpha value is -1.99. The van der Waals surface area contributed by atoms with Crippen LogP contribution in [-0.2, 0) is 4.79 Å². The Morgan fingerprint density at radius 3 is 2.42 bits per heavy atom. The zero-order valence-corrected chi connectivity index (χ0v) is 14.0. The number of rotatable bonds is 6. The molecule has 1 heterocycles. The van der Waals surface area contributed by atoms with E-state index in [2.05, 4.69) is 10.2 Å². The third-order valence-electron chi connectivity index (χ3n) is 4.22. The molecule has 1 aliphatic heterocycles. The summed E-state index contributed by atoms with van der Waals surface area (Å²) in [5, 5.41) is 2.77. The van der Waals surface area contributed by atoms with Gasteiger partial charge in [-0.1, -0.05) is 0 Å². The lowest BCUT2D eigenvalue weighted by Gasteiger charge is -2.34. The largest absolute Gasteiger partial charge is 0.340 e. The molecule has 0 unspecified atom stereocenters. The molecule has 1 aromatic rings. The molecule has 2 amide bonds. The van der Waals surface area contributed by atoms with Crippen LogP contribution < -0.4 is 11.1 Å². The zero-order chi connectivity index (χ0) is 17.5. The Morgan fingerprint density at radius 2 is 1.83 bits per heavy atom. The fraction of sp³-hybridized carbons (Fsp3) is 0.529. The first-order chi connectivity index (χ1) is 11.5. The van der Waals surface area contributed by atoms with Gasteiger partial charge in [-0.05, 0) is 50.7 Å². The van der Waals surface area contributed by atoms with Crippen LogP contribution in [0.4, 0.5) is 4.39 Å². The van der Waals surface area contributed by atoms with Crippen molar-refractivity contribution in [2.24, 2.45) is 5.73 Å². The summed E-state index contributed by atoms with van der Waals surface area (Å²) >= 11 is 0. The Bertz CT molecular complexity index is 556. The number of likely N-dealkylation sites (N-methyl/N-ethyl adjacent to an activating group) is 1. The third-order valence-corrected chi connectivity index (χ3v) is 4.22. The highest BCUT2D eigenvalue weighted by Gasteiger charge is 2.27. The predicted octanol–water partition coefficient (Wildman–Crippen LogP) is 0.437. The summed E-state index contributed by atoms with van der Waals surface area (Å²) in [7, 11) is 2.02. The number of halogens is 1. The van der Waals surface area contributed by atoms with Crippen molar-refractivity contribution in [3.63, 3.8) is 0 Å². The van der Waals surface area contributed by atoms with Crippen LogP contribution in [0.15, 0.2) is 24.3 Å². The van der Waals surface area contributed by atoms with E-state index in [9.17, 15) is 14.0 Å². The molecule has 1 aliphatic rings. The van der Waals surface area contributed by atoms with Gasteiger partial charge in [0.1, 0.15) is 11.9 Å². The standard InChI is InChI=1S/C17H25FN4O2/c1-21-9-11-22(12-10-21)17(24)15(3-2-8-19)20-16(23)13-4-6-14(18)7-5-13/h4-7,15H,2-3,8-12,19H2,1H3,(H,20,23)/t15-/m0/s1. The first kappa shape index (κ1) is 18.4. The first-order valence-electron chi connectivity index (χ1n) is 8.25. The quantitative estimate of drug-likeness (QED) is 0.790. The second kappa shape index (κ2) is 8.75. The topological polar surface area (TPSA) is 78.7 Å². The van der Waals surface area contributed by atoms with E-state index < -0.39 is 11.9 Å². The number of amides is 2. The molecule has 1 aromatic carbocycles. The summed E-state index contributed by atoms with van der Waals surface area (Å²) in [6.45, 7) is 3.41. The van der Waals surface area contributed by atoms with Crippen molar-refractivity contribution in [2.45, 2.75) is 18.9 Å². The van der Waals surface area contributed by atoms with E-state index in [4.69, 9.17) is 5.73 Å². The van der Waals surface area contributed by atoms with Crippen molar-refractivity contribution in [3.8, 4) is 0 Å². The van der Waals surface area contributed by atoms with Crippen LogP contribution in [0.1, 0.15) is 23.2 Å². The second-order valence-corrected chi connectivity index (χ2v) is 6.09. The molecule has 0 saturated carbocycles. The van der Waals surface area contributed by atoms with Crippen LogP contribution >= 0.6 is 0 Å². The highest BCUT2D eigenvalue weighted by molar-refractivity contribution is 5.97. The maximum atomic E-state index is 13.0. The van der Waals surface area contributed by atoms with Gasteiger partial charge < -0.3 is 20.9 Å². The Kier molecular flexibility index (Phi) is 6.69. The van der Waals surface area contributed by atoms with Crippen LogP contribution in [-0.4, -0.2) is 67.4 Å². The molecule has 132 valence electrons. The minimum Gasteiger partial charge on any atom is -0.340 e. The van der Waals surface area contributed by atoms with Crippen LogP contribution in [0.25, 0.3) is 0 Å². The van der Waals surface area contributed by atoms with Gasteiger partial charge >= 0.3 is 0 Å². The number of carbonyl (C=O) groups is 2. The van der Waals surface area contributed by atoms with Gasteiger partial charge in [-0.2, -0.15) is 0 Å². The van der Waals surface area contributed by atoms with Crippen molar-refractivity contribution in [1.29, 1.82) is 0 Å². The maximum Gasteiger partial charge on any atom is 0.251 e. The molecule has 0 aliphatic carbocycles. The lowest BCUT2D eigenvalue weighted by Crippen LogP contribution is -2.54. The zero-order valence-electron chi connectivity index (χ0n) is 14.0. The van der Waals surface area contributed by atoms with Crippen LogP contribution in [0, 0.1) is 5.82 Å². The van der Waals surface area contributed by atoms with Gasteiger partial charge in [-0.25, -0.2) is 4.39 Å². The summed E-state index contributed by atoms with van der Waals surface area (Å²) in [5.74, 6) is -0.855. The molecule has 0 aromatic heterocycles. The van der Waals surface area contributed by atoms with Crippen molar-refractivity contribution in [2.75, 3.05) is 39.8 Å². The van der Waals surface area contributed by atoms with E-state index in [0.29, 0.717) is 38.0 Å². The maximum absolute atomic E-state index is 13.0. The van der Waals surface area contributed by atoms with Crippen LogP contribution in [0.5, 0.6) is 0 Å². The van der Waals surface area contributed by atoms with Crippen molar-refractivity contribution >= 4 is 11.8 Å². The Balaban J connectivity index is 2.02. The van der Waals surface area contributed by atoms with Gasteiger partial charge in [0.05, 0.1) is 0 Å². The third kappa shape index (κ3) is 5.01. The fourth-order valence-electron chi connectivity index (χ4n) is 2.67. The Labute approximate surface area is 141 Å². The Morgan fingerprint density at radius 1 is 1.21 bits per heavy atom. The van der Waals surface area contributed by atoms with Crippen LogP contribution in [0.3, 0.4) is 0 Å². The predicted molar refractivity (Wildman–Crippen MR) is 90.0 cm³/mol. The lowest BCUT2D eigenvalue weighted by molar-refractivity contribution is -0.135. The molecule has 24 heavy (non-hydrogen) atoms. The lowest BCUT2D eigenvalue weighted by atomic mass is 10.1. The minimum atomic E-state index is -0.602. The number of hydrogen-bond donors (Lipinski definition) is 2. The van der Waals surface area contributed by atoms with E-state index in [1.165, 1.54) is 24.3 Å². The van der Waals surface area contributed by atoms with Gasteiger partial charge in [0.15, 0.2) is 0 Å². The number of benzene rings is 1. The van der Waals surface area contributed by atoms with E-state index in [1.807, 2.05) is 7.05 Å². The number of nitrogens with zero attached hydrogens (tertiary/aromatic N) is 2. The summed E-state index contributed by atoms with van der Waals surface area (Å²) < 4.78 is 13.0. The summed E-state index contributed by atoms with van der Waals surface area (Å²) in [5.41, 5.74) is 5.88. The monoisotopic (exact) mass is 336 g/mol.